The lowest BCUT2D eigenvalue weighted by Crippen LogP contribution is -2.38. The molecule has 0 bridgehead atoms. The third-order valence-corrected chi connectivity index (χ3v) is 3.20. The summed E-state index contributed by atoms with van der Waals surface area (Å²) in [5, 5.41) is 0. The van der Waals surface area contributed by atoms with Crippen LogP contribution in [0.15, 0.2) is 18.2 Å². The summed E-state index contributed by atoms with van der Waals surface area (Å²) >= 11 is 0. The van der Waals surface area contributed by atoms with E-state index in [2.05, 4.69) is 13.8 Å². The van der Waals surface area contributed by atoms with E-state index in [1.807, 2.05) is 23.1 Å². The van der Waals surface area contributed by atoms with Crippen LogP contribution in [0.1, 0.15) is 25.8 Å². The van der Waals surface area contributed by atoms with Gasteiger partial charge in [0.05, 0.1) is 12.2 Å². The minimum Gasteiger partial charge on any atom is -0.490 e. The molecule has 0 atom stereocenters. The van der Waals surface area contributed by atoms with E-state index in [9.17, 15) is 4.79 Å². The fraction of sp³-hybridized carbons (Fsp3) is 0.533. The summed E-state index contributed by atoms with van der Waals surface area (Å²) < 4.78 is 5.62. The van der Waals surface area contributed by atoms with Crippen molar-refractivity contribution in [2.45, 2.75) is 26.7 Å². The van der Waals surface area contributed by atoms with Gasteiger partial charge in [0, 0.05) is 6.42 Å². The highest BCUT2D eigenvalue weighted by atomic mass is 16.5. The maximum atomic E-state index is 12.3. The van der Waals surface area contributed by atoms with Crippen LogP contribution in [0.3, 0.4) is 0 Å². The summed E-state index contributed by atoms with van der Waals surface area (Å²) in [7, 11) is 0. The van der Waals surface area contributed by atoms with Gasteiger partial charge in [-0.2, -0.15) is 0 Å². The van der Waals surface area contributed by atoms with E-state index >= 15 is 0 Å². The molecule has 4 heteroatoms. The lowest BCUT2D eigenvalue weighted by atomic mass is 10.1. The Bertz CT molecular complexity index is 457. The molecule has 4 nitrogen and oxygen atoms in total. The molecule has 0 unspecified atom stereocenters. The molecule has 2 N–H and O–H groups in total. The van der Waals surface area contributed by atoms with Crippen LogP contribution in [0.2, 0.25) is 0 Å². The van der Waals surface area contributed by atoms with Crippen molar-refractivity contribution in [2.75, 3.05) is 24.6 Å². The molecule has 1 aromatic carbocycles. The van der Waals surface area contributed by atoms with Gasteiger partial charge in [-0.15, -0.1) is 0 Å². The summed E-state index contributed by atoms with van der Waals surface area (Å²) in [5.74, 6) is 1.33. The highest BCUT2D eigenvalue weighted by Crippen LogP contribution is 2.33. The molecule has 2 rings (SSSR count). The molecule has 0 saturated carbocycles. The van der Waals surface area contributed by atoms with Crippen LogP contribution in [-0.4, -0.2) is 25.6 Å². The van der Waals surface area contributed by atoms with Crippen LogP contribution in [0.25, 0.3) is 0 Å². The molecule has 0 spiro atoms. The standard InChI is InChI=1S/C15H22N2O2/c1-11(2)9-15(18)17-7-8-19-14-4-3-12(5-6-16)10-13(14)17/h3-4,10-11H,5-9,16H2,1-2H3. The van der Waals surface area contributed by atoms with Crippen molar-refractivity contribution >= 4 is 11.6 Å². The Hall–Kier alpha value is -1.55. The first-order valence-corrected chi connectivity index (χ1v) is 6.88. The van der Waals surface area contributed by atoms with Crippen molar-refractivity contribution in [1.29, 1.82) is 0 Å². The van der Waals surface area contributed by atoms with Crippen molar-refractivity contribution in [3.8, 4) is 5.75 Å². The van der Waals surface area contributed by atoms with E-state index < -0.39 is 0 Å². The van der Waals surface area contributed by atoms with Gasteiger partial charge < -0.3 is 15.4 Å². The predicted octanol–water partition coefficient (Wildman–Crippen LogP) is 1.96. The fourth-order valence-corrected chi connectivity index (χ4v) is 2.30. The van der Waals surface area contributed by atoms with Crippen molar-refractivity contribution in [3.63, 3.8) is 0 Å². The largest absolute Gasteiger partial charge is 0.490 e. The fourth-order valence-electron chi connectivity index (χ4n) is 2.30. The summed E-state index contributed by atoms with van der Waals surface area (Å²) in [5.41, 5.74) is 7.62. The van der Waals surface area contributed by atoms with Gasteiger partial charge in [0.25, 0.3) is 0 Å². The Balaban J connectivity index is 2.25. The zero-order valence-corrected chi connectivity index (χ0v) is 11.7. The van der Waals surface area contributed by atoms with Crippen LogP contribution in [0.5, 0.6) is 5.75 Å². The average Bonchev–Trinajstić information content (AvgIpc) is 2.37. The summed E-state index contributed by atoms with van der Waals surface area (Å²) in [6.45, 7) is 5.92. The quantitative estimate of drug-likeness (QED) is 0.902. The molecule has 0 saturated heterocycles. The SMILES string of the molecule is CC(C)CC(=O)N1CCOc2ccc(CCN)cc21. The minimum atomic E-state index is 0.171. The Morgan fingerprint density at radius 1 is 1.47 bits per heavy atom. The molecule has 1 amide bonds. The number of amides is 1. The Labute approximate surface area is 114 Å². The second-order valence-corrected chi connectivity index (χ2v) is 5.33. The van der Waals surface area contributed by atoms with Gasteiger partial charge in [-0.05, 0) is 36.6 Å². The van der Waals surface area contributed by atoms with Gasteiger partial charge in [-0.3, -0.25) is 4.79 Å². The molecule has 1 aliphatic heterocycles. The molecule has 0 radical (unpaired) electrons. The number of hydrogen-bond donors (Lipinski definition) is 1. The number of carbonyl (C=O) groups excluding carboxylic acids is 1. The molecular weight excluding hydrogens is 240 g/mol. The highest BCUT2D eigenvalue weighted by molar-refractivity contribution is 5.95. The molecule has 1 aromatic rings. The van der Waals surface area contributed by atoms with Crippen molar-refractivity contribution in [2.24, 2.45) is 11.7 Å². The Morgan fingerprint density at radius 2 is 2.26 bits per heavy atom. The zero-order chi connectivity index (χ0) is 13.8. The second kappa shape index (κ2) is 6.06. The zero-order valence-electron chi connectivity index (χ0n) is 11.7. The summed E-state index contributed by atoms with van der Waals surface area (Å²) in [6.07, 6.45) is 1.39. The van der Waals surface area contributed by atoms with Gasteiger partial charge in [0.15, 0.2) is 0 Å². The number of ether oxygens (including phenoxy) is 1. The number of rotatable bonds is 4. The number of anilines is 1. The van der Waals surface area contributed by atoms with Gasteiger partial charge in [-0.1, -0.05) is 19.9 Å². The van der Waals surface area contributed by atoms with E-state index in [0.717, 1.165) is 23.4 Å². The third kappa shape index (κ3) is 3.26. The molecule has 19 heavy (non-hydrogen) atoms. The van der Waals surface area contributed by atoms with E-state index in [4.69, 9.17) is 10.5 Å². The maximum absolute atomic E-state index is 12.3. The second-order valence-electron chi connectivity index (χ2n) is 5.33. The Kier molecular flexibility index (Phi) is 4.43. The van der Waals surface area contributed by atoms with Gasteiger partial charge >= 0.3 is 0 Å². The molecule has 104 valence electrons. The van der Waals surface area contributed by atoms with Crippen molar-refractivity contribution in [1.82, 2.24) is 0 Å². The molecule has 0 aliphatic carbocycles. The number of fused-ring (bicyclic) bond motifs is 1. The topological polar surface area (TPSA) is 55.6 Å². The molecular formula is C15H22N2O2. The lowest BCUT2D eigenvalue weighted by molar-refractivity contribution is -0.119. The van der Waals surface area contributed by atoms with Crippen molar-refractivity contribution in [3.05, 3.63) is 23.8 Å². The third-order valence-electron chi connectivity index (χ3n) is 3.20. The monoisotopic (exact) mass is 262 g/mol. The smallest absolute Gasteiger partial charge is 0.227 e. The number of nitrogens with two attached hydrogens (primary N) is 1. The maximum Gasteiger partial charge on any atom is 0.227 e. The molecule has 0 aromatic heterocycles. The lowest BCUT2D eigenvalue weighted by Gasteiger charge is -2.30. The number of carbonyl (C=O) groups is 1. The first-order valence-electron chi connectivity index (χ1n) is 6.88. The number of benzene rings is 1. The Morgan fingerprint density at radius 3 is 2.95 bits per heavy atom. The number of hydrogen-bond acceptors (Lipinski definition) is 3. The van der Waals surface area contributed by atoms with Crippen LogP contribution < -0.4 is 15.4 Å². The van der Waals surface area contributed by atoms with Gasteiger partial charge in [0.2, 0.25) is 5.91 Å². The van der Waals surface area contributed by atoms with Crippen LogP contribution in [-0.2, 0) is 11.2 Å². The van der Waals surface area contributed by atoms with E-state index in [0.29, 0.717) is 32.0 Å². The van der Waals surface area contributed by atoms with Gasteiger partial charge in [-0.25, -0.2) is 0 Å². The molecule has 0 fully saturated rings. The normalized spacial score (nSPS) is 14.2. The van der Waals surface area contributed by atoms with E-state index in [1.165, 1.54) is 0 Å². The van der Waals surface area contributed by atoms with Gasteiger partial charge in [0.1, 0.15) is 12.4 Å². The number of nitrogens with zero attached hydrogens (tertiary/aromatic N) is 1. The summed E-state index contributed by atoms with van der Waals surface area (Å²) in [6, 6.07) is 5.98. The average molecular weight is 262 g/mol. The minimum absolute atomic E-state index is 0.171. The van der Waals surface area contributed by atoms with Crippen LogP contribution >= 0.6 is 0 Å². The first-order chi connectivity index (χ1) is 9.11. The van der Waals surface area contributed by atoms with E-state index in [-0.39, 0.29) is 5.91 Å². The predicted molar refractivity (Wildman–Crippen MR) is 76.5 cm³/mol. The van der Waals surface area contributed by atoms with Crippen LogP contribution in [0, 0.1) is 5.92 Å². The summed E-state index contributed by atoms with van der Waals surface area (Å²) in [4.78, 5) is 14.1. The molecule has 1 heterocycles. The van der Waals surface area contributed by atoms with E-state index in [1.54, 1.807) is 0 Å². The molecule has 1 aliphatic rings. The first kappa shape index (κ1) is 13.9. The van der Waals surface area contributed by atoms with Crippen molar-refractivity contribution < 1.29 is 9.53 Å². The highest BCUT2D eigenvalue weighted by Gasteiger charge is 2.24. The van der Waals surface area contributed by atoms with Crippen LogP contribution in [0.4, 0.5) is 5.69 Å².